The Morgan fingerprint density at radius 2 is 2.19 bits per heavy atom. The molecule has 0 radical (unpaired) electrons. The third-order valence-electron chi connectivity index (χ3n) is 2.67. The van der Waals surface area contributed by atoms with Gasteiger partial charge >= 0.3 is 5.97 Å². The zero-order chi connectivity index (χ0) is 11.5. The summed E-state index contributed by atoms with van der Waals surface area (Å²) in [5.74, 6) is 0.0736. The van der Waals surface area contributed by atoms with Gasteiger partial charge in [-0.15, -0.1) is 0 Å². The maximum Gasteiger partial charge on any atom is 0.310 e. The van der Waals surface area contributed by atoms with E-state index in [1.165, 1.54) is 0 Å². The molecule has 86 valence electrons. The number of rotatable bonds is 4. The molecule has 1 aromatic carbocycles. The molecule has 1 unspecified atom stereocenters. The first-order valence-electron chi connectivity index (χ1n) is 5.34. The summed E-state index contributed by atoms with van der Waals surface area (Å²) in [4.78, 5) is 11.1. The molecule has 0 aromatic heterocycles. The number of fused-ring (bicyclic) bond motifs is 1. The van der Waals surface area contributed by atoms with Gasteiger partial charge < -0.3 is 14.6 Å². The van der Waals surface area contributed by atoms with Crippen LogP contribution in [0.3, 0.4) is 0 Å². The number of hydrogen-bond acceptors (Lipinski definition) is 3. The number of carboxylic acids is 1. The fraction of sp³-hybridized carbons (Fsp3) is 0.417. The predicted octanol–water partition coefficient (Wildman–Crippen LogP) is 2.38. The highest BCUT2D eigenvalue weighted by molar-refractivity contribution is 5.76. The summed E-state index contributed by atoms with van der Waals surface area (Å²) in [6, 6.07) is 5.32. The van der Waals surface area contributed by atoms with Crippen LogP contribution in [0.15, 0.2) is 18.2 Å². The molecule has 1 atom stereocenters. The lowest BCUT2D eigenvalue weighted by molar-refractivity contribution is -0.139. The molecule has 2 rings (SSSR count). The molecule has 0 saturated heterocycles. The summed E-state index contributed by atoms with van der Waals surface area (Å²) in [7, 11) is 0. The van der Waals surface area contributed by atoms with Crippen LogP contribution in [0.4, 0.5) is 0 Å². The zero-order valence-electron chi connectivity index (χ0n) is 9.10. The summed E-state index contributed by atoms with van der Waals surface area (Å²) in [5, 5.41) is 9.13. The van der Waals surface area contributed by atoms with Crippen LogP contribution < -0.4 is 9.47 Å². The van der Waals surface area contributed by atoms with Crippen LogP contribution in [-0.4, -0.2) is 17.9 Å². The lowest BCUT2D eigenvalue weighted by atomic mass is 9.94. The maximum atomic E-state index is 11.1. The van der Waals surface area contributed by atoms with E-state index in [1.807, 2.05) is 6.92 Å². The summed E-state index contributed by atoms with van der Waals surface area (Å²) in [5.41, 5.74) is 0.776. The molecule has 0 amide bonds. The van der Waals surface area contributed by atoms with Crippen molar-refractivity contribution >= 4 is 5.97 Å². The van der Waals surface area contributed by atoms with Crippen LogP contribution in [0.2, 0.25) is 0 Å². The van der Waals surface area contributed by atoms with Crippen molar-refractivity contribution in [3.8, 4) is 11.5 Å². The number of hydrogen-bond donors (Lipinski definition) is 1. The largest absolute Gasteiger partial charge is 0.481 e. The van der Waals surface area contributed by atoms with Gasteiger partial charge in [-0.25, -0.2) is 0 Å². The minimum absolute atomic E-state index is 0.213. The fourth-order valence-corrected chi connectivity index (χ4v) is 1.85. The topological polar surface area (TPSA) is 55.8 Å². The molecule has 1 aliphatic rings. The van der Waals surface area contributed by atoms with Gasteiger partial charge in [0, 0.05) is 0 Å². The summed E-state index contributed by atoms with van der Waals surface area (Å²) < 4.78 is 10.4. The summed E-state index contributed by atoms with van der Waals surface area (Å²) >= 11 is 0. The van der Waals surface area contributed by atoms with Crippen molar-refractivity contribution in [2.75, 3.05) is 6.79 Å². The van der Waals surface area contributed by atoms with Crippen LogP contribution in [0.1, 0.15) is 31.2 Å². The molecule has 0 aliphatic carbocycles. The van der Waals surface area contributed by atoms with Crippen LogP contribution in [0, 0.1) is 0 Å². The average Bonchev–Trinajstić information content (AvgIpc) is 2.72. The summed E-state index contributed by atoms with van der Waals surface area (Å²) in [6.45, 7) is 2.19. The van der Waals surface area contributed by atoms with E-state index >= 15 is 0 Å². The quantitative estimate of drug-likeness (QED) is 0.849. The van der Waals surface area contributed by atoms with Crippen LogP contribution >= 0.6 is 0 Å². The molecule has 1 heterocycles. The number of ether oxygens (including phenoxy) is 2. The standard InChI is InChI=1S/C12H14O4/c1-2-3-9(12(13)14)8-4-5-10-11(6-8)16-7-15-10/h4-6,9H,2-3,7H2,1H3,(H,13,14). The van der Waals surface area contributed by atoms with E-state index in [0.29, 0.717) is 17.9 Å². The van der Waals surface area contributed by atoms with Gasteiger partial charge in [-0.05, 0) is 24.1 Å². The predicted molar refractivity (Wildman–Crippen MR) is 57.8 cm³/mol. The van der Waals surface area contributed by atoms with Gasteiger partial charge in [-0.2, -0.15) is 0 Å². The molecule has 0 spiro atoms. The Hall–Kier alpha value is -1.71. The lowest BCUT2D eigenvalue weighted by Gasteiger charge is -2.11. The maximum absolute atomic E-state index is 11.1. The molecule has 1 aliphatic heterocycles. The van der Waals surface area contributed by atoms with Crippen molar-refractivity contribution in [2.24, 2.45) is 0 Å². The van der Waals surface area contributed by atoms with E-state index in [-0.39, 0.29) is 6.79 Å². The van der Waals surface area contributed by atoms with Crippen molar-refractivity contribution in [3.63, 3.8) is 0 Å². The molecule has 1 N–H and O–H groups in total. The van der Waals surface area contributed by atoms with Crippen LogP contribution in [-0.2, 0) is 4.79 Å². The monoisotopic (exact) mass is 222 g/mol. The van der Waals surface area contributed by atoms with E-state index in [2.05, 4.69) is 0 Å². The first kappa shape index (κ1) is 10.8. The highest BCUT2D eigenvalue weighted by Gasteiger charge is 2.22. The first-order chi connectivity index (χ1) is 7.72. The fourth-order valence-electron chi connectivity index (χ4n) is 1.85. The van der Waals surface area contributed by atoms with Gasteiger partial charge in [0.2, 0.25) is 6.79 Å². The second-order valence-corrected chi connectivity index (χ2v) is 3.79. The first-order valence-corrected chi connectivity index (χ1v) is 5.34. The molecule has 1 aromatic rings. The van der Waals surface area contributed by atoms with E-state index in [1.54, 1.807) is 18.2 Å². The number of carbonyl (C=O) groups is 1. The number of aliphatic carboxylic acids is 1. The Labute approximate surface area is 93.8 Å². The molecule has 0 fully saturated rings. The van der Waals surface area contributed by atoms with Gasteiger partial charge in [0.05, 0.1) is 5.92 Å². The SMILES string of the molecule is CCCC(C(=O)O)c1ccc2c(c1)OCO2. The Kier molecular flexibility index (Phi) is 2.99. The van der Waals surface area contributed by atoms with Gasteiger partial charge in [0.25, 0.3) is 0 Å². The van der Waals surface area contributed by atoms with Crippen molar-refractivity contribution in [1.82, 2.24) is 0 Å². The molecule has 4 nitrogen and oxygen atoms in total. The zero-order valence-corrected chi connectivity index (χ0v) is 9.10. The molecule has 0 saturated carbocycles. The van der Waals surface area contributed by atoms with Gasteiger partial charge in [-0.3, -0.25) is 4.79 Å². The van der Waals surface area contributed by atoms with Gasteiger partial charge in [-0.1, -0.05) is 19.4 Å². The Morgan fingerprint density at radius 1 is 1.44 bits per heavy atom. The minimum Gasteiger partial charge on any atom is -0.481 e. The van der Waals surface area contributed by atoms with Crippen molar-refractivity contribution in [2.45, 2.75) is 25.7 Å². The summed E-state index contributed by atoms with van der Waals surface area (Å²) in [6.07, 6.45) is 1.47. The highest BCUT2D eigenvalue weighted by atomic mass is 16.7. The van der Waals surface area contributed by atoms with E-state index in [9.17, 15) is 4.79 Å². The number of carboxylic acid groups (broad SMARTS) is 1. The van der Waals surface area contributed by atoms with Crippen LogP contribution in [0.5, 0.6) is 11.5 Å². The van der Waals surface area contributed by atoms with Gasteiger partial charge in [0.1, 0.15) is 0 Å². The van der Waals surface area contributed by atoms with Crippen molar-refractivity contribution in [1.29, 1.82) is 0 Å². The Bertz CT molecular complexity index is 400. The second-order valence-electron chi connectivity index (χ2n) is 3.79. The third kappa shape index (κ3) is 1.96. The Balaban J connectivity index is 2.28. The molecular formula is C12H14O4. The lowest BCUT2D eigenvalue weighted by Crippen LogP contribution is -2.11. The van der Waals surface area contributed by atoms with E-state index < -0.39 is 11.9 Å². The molecule has 4 heteroatoms. The Morgan fingerprint density at radius 3 is 2.88 bits per heavy atom. The highest BCUT2D eigenvalue weighted by Crippen LogP contribution is 2.35. The number of benzene rings is 1. The van der Waals surface area contributed by atoms with Crippen LogP contribution in [0.25, 0.3) is 0 Å². The minimum atomic E-state index is -0.791. The molecule has 0 bridgehead atoms. The molecular weight excluding hydrogens is 208 g/mol. The van der Waals surface area contributed by atoms with E-state index in [0.717, 1.165) is 12.0 Å². The molecule has 16 heavy (non-hydrogen) atoms. The normalized spacial score (nSPS) is 14.8. The van der Waals surface area contributed by atoms with E-state index in [4.69, 9.17) is 14.6 Å². The van der Waals surface area contributed by atoms with Gasteiger partial charge in [0.15, 0.2) is 11.5 Å². The third-order valence-corrected chi connectivity index (χ3v) is 2.67. The smallest absolute Gasteiger partial charge is 0.310 e. The average molecular weight is 222 g/mol. The second kappa shape index (κ2) is 4.43. The van der Waals surface area contributed by atoms with Crippen molar-refractivity contribution < 1.29 is 19.4 Å². The van der Waals surface area contributed by atoms with Crippen molar-refractivity contribution in [3.05, 3.63) is 23.8 Å².